The molecule has 2 amide bonds. The molecule has 8 heteroatoms. The molecule has 1 unspecified atom stereocenters. The van der Waals surface area contributed by atoms with Crippen molar-refractivity contribution in [1.82, 2.24) is 10.2 Å². The fraction of sp³-hybridized carbons (Fsp3) is 0.667. The van der Waals surface area contributed by atoms with Crippen LogP contribution in [-0.4, -0.2) is 72.2 Å². The molecule has 128 valence electrons. The molecule has 0 aromatic rings. The molecule has 0 aliphatic carbocycles. The summed E-state index contributed by atoms with van der Waals surface area (Å²) < 4.78 is 10.6. The number of ether oxygens (including phenoxy) is 2. The van der Waals surface area contributed by atoms with E-state index in [4.69, 9.17) is 9.47 Å². The van der Waals surface area contributed by atoms with Crippen LogP contribution in [0.2, 0.25) is 0 Å². The highest BCUT2D eigenvalue weighted by Gasteiger charge is 2.34. The summed E-state index contributed by atoms with van der Waals surface area (Å²) in [4.78, 5) is 37.7. The van der Waals surface area contributed by atoms with Gasteiger partial charge in [0.1, 0.15) is 11.6 Å². The monoisotopic (exact) mass is 326 g/mol. The molecule has 0 aromatic heterocycles. The summed E-state index contributed by atoms with van der Waals surface area (Å²) in [6.45, 7) is 4.54. The number of morpholine rings is 1. The largest absolute Gasteiger partial charge is 0.482 e. The normalized spacial score (nSPS) is 22.0. The molecule has 1 atom stereocenters. The average molecular weight is 326 g/mol. The maximum absolute atomic E-state index is 12.3. The Hall–Kier alpha value is -1.93. The molecule has 8 nitrogen and oxygen atoms in total. The van der Waals surface area contributed by atoms with E-state index in [9.17, 15) is 19.5 Å². The van der Waals surface area contributed by atoms with Crippen LogP contribution in [0, 0.1) is 0 Å². The number of rotatable bonds is 4. The van der Waals surface area contributed by atoms with Gasteiger partial charge in [-0.2, -0.15) is 0 Å². The van der Waals surface area contributed by atoms with Gasteiger partial charge in [-0.1, -0.05) is 0 Å². The van der Waals surface area contributed by atoms with Crippen LogP contribution in [0.4, 0.5) is 0 Å². The van der Waals surface area contributed by atoms with E-state index in [0.29, 0.717) is 26.3 Å². The number of amides is 2. The summed E-state index contributed by atoms with van der Waals surface area (Å²) in [6, 6.07) is -1.08. The van der Waals surface area contributed by atoms with Crippen molar-refractivity contribution in [1.29, 1.82) is 0 Å². The Bertz CT molecular complexity index is 522. The Morgan fingerprint density at radius 1 is 1.39 bits per heavy atom. The fourth-order valence-corrected chi connectivity index (χ4v) is 2.51. The molecule has 2 heterocycles. The minimum Gasteiger partial charge on any atom is -0.482 e. The highest BCUT2D eigenvalue weighted by atomic mass is 16.5. The van der Waals surface area contributed by atoms with Crippen molar-refractivity contribution in [2.45, 2.75) is 31.9 Å². The van der Waals surface area contributed by atoms with Crippen molar-refractivity contribution in [2.24, 2.45) is 0 Å². The predicted molar refractivity (Wildman–Crippen MR) is 79.3 cm³/mol. The number of aliphatic hydroxyl groups is 1. The zero-order valence-electron chi connectivity index (χ0n) is 13.3. The maximum atomic E-state index is 12.3. The minimum atomic E-state index is -1.08. The molecule has 23 heavy (non-hydrogen) atoms. The first-order valence-electron chi connectivity index (χ1n) is 7.54. The zero-order valence-corrected chi connectivity index (χ0v) is 13.3. The lowest BCUT2D eigenvalue weighted by atomic mass is 9.98. The predicted octanol–water partition coefficient (Wildman–Crippen LogP) is -1.03. The van der Waals surface area contributed by atoms with Gasteiger partial charge in [-0.25, -0.2) is 0 Å². The van der Waals surface area contributed by atoms with Gasteiger partial charge in [0.25, 0.3) is 5.91 Å². The molecular formula is C15H22N2O6. The number of carbonyl (C=O) groups is 3. The number of allylic oxidation sites excluding steroid dienone is 1. The summed E-state index contributed by atoms with van der Waals surface area (Å²) in [5, 5.41) is 11.8. The molecule has 0 radical (unpaired) electrons. The molecule has 1 fully saturated rings. The Morgan fingerprint density at radius 3 is 2.61 bits per heavy atom. The van der Waals surface area contributed by atoms with Crippen LogP contribution in [-0.2, 0) is 23.9 Å². The molecule has 2 N–H and O–H groups in total. The van der Waals surface area contributed by atoms with E-state index in [1.54, 1.807) is 13.8 Å². The van der Waals surface area contributed by atoms with Gasteiger partial charge in [-0.3, -0.25) is 14.4 Å². The molecule has 1 saturated heterocycles. The Kier molecular flexibility index (Phi) is 5.38. The van der Waals surface area contributed by atoms with E-state index in [2.05, 4.69) is 5.32 Å². The second kappa shape index (κ2) is 7.10. The van der Waals surface area contributed by atoms with E-state index in [1.165, 1.54) is 4.90 Å². The topological polar surface area (TPSA) is 105 Å². The maximum Gasteiger partial charge on any atom is 0.287 e. The van der Waals surface area contributed by atoms with Crippen LogP contribution in [0.3, 0.4) is 0 Å². The second-order valence-corrected chi connectivity index (χ2v) is 6.16. The van der Waals surface area contributed by atoms with E-state index in [0.717, 1.165) is 6.08 Å². The number of hydrogen-bond acceptors (Lipinski definition) is 6. The Balaban J connectivity index is 2.02. The van der Waals surface area contributed by atoms with Gasteiger partial charge in [0.05, 0.1) is 19.8 Å². The van der Waals surface area contributed by atoms with Gasteiger partial charge in [0.15, 0.2) is 11.5 Å². The third kappa shape index (κ3) is 4.52. The molecule has 0 saturated carbocycles. The van der Waals surface area contributed by atoms with Crippen LogP contribution in [0.5, 0.6) is 0 Å². The van der Waals surface area contributed by atoms with E-state index >= 15 is 0 Å². The lowest BCUT2D eigenvalue weighted by molar-refractivity contribution is -0.141. The van der Waals surface area contributed by atoms with Crippen molar-refractivity contribution in [3.8, 4) is 0 Å². The first-order chi connectivity index (χ1) is 10.8. The van der Waals surface area contributed by atoms with Crippen molar-refractivity contribution in [3.05, 3.63) is 11.8 Å². The fourth-order valence-electron chi connectivity index (χ4n) is 2.51. The van der Waals surface area contributed by atoms with Crippen LogP contribution in [0.15, 0.2) is 11.8 Å². The van der Waals surface area contributed by atoms with Crippen molar-refractivity contribution < 1.29 is 29.0 Å². The molecule has 0 spiro atoms. The zero-order chi connectivity index (χ0) is 17.0. The van der Waals surface area contributed by atoms with Gasteiger partial charge >= 0.3 is 0 Å². The smallest absolute Gasteiger partial charge is 0.287 e. The van der Waals surface area contributed by atoms with Crippen molar-refractivity contribution in [2.75, 3.05) is 32.9 Å². The summed E-state index contributed by atoms with van der Waals surface area (Å²) in [7, 11) is 0. The van der Waals surface area contributed by atoms with Crippen LogP contribution < -0.4 is 5.32 Å². The molecule has 2 aliphatic heterocycles. The minimum absolute atomic E-state index is 0.139. The molecule has 0 bridgehead atoms. The first kappa shape index (κ1) is 17.4. The SMILES string of the molecule is CC1(C)CC(=O)C=C(C(=O)NC(CO)C(=O)N2CCOCC2)O1. The lowest BCUT2D eigenvalue weighted by Gasteiger charge is -2.32. The summed E-state index contributed by atoms with van der Waals surface area (Å²) in [6.07, 6.45) is 1.30. The number of hydrogen-bond donors (Lipinski definition) is 2. The Morgan fingerprint density at radius 2 is 2.04 bits per heavy atom. The van der Waals surface area contributed by atoms with E-state index < -0.39 is 24.2 Å². The Labute approximate surface area is 134 Å². The summed E-state index contributed by atoms with van der Waals surface area (Å²) >= 11 is 0. The number of nitrogens with zero attached hydrogens (tertiary/aromatic N) is 1. The van der Waals surface area contributed by atoms with Crippen LogP contribution in [0.1, 0.15) is 20.3 Å². The molecule has 2 rings (SSSR count). The molecular weight excluding hydrogens is 304 g/mol. The highest BCUT2D eigenvalue weighted by Crippen LogP contribution is 2.24. The average Bonchev–Trinajstić information content (AvgIpc) is 2.50. The standard InChI is InChI=1S/C15H22N2O6/c1-15(2)8-10(19)7-12(23-15)13(20)16-11(9-18)14(21)17-3-5-22-6-4-17/h7,11,18H,3-6,8-9H2,1-2H3,(H,16,20). The van der Waals surface area contributed by atoms with E-state index in [-0.39, 0.29) is 23.9 Å². The van der Waals surface area contributed by atoms with Crippen LogP contribution in [0.25, 0.3) is 0 Å². The van der Waals surface area contributed by atoms with Gasteiger partial charge < -0.3 is 24.8 Å². The van der Waals surface area contributed by atoms with Gasteiger partial charge in [-0.15, -0.1) is 0 Å². The quantitative estimate of drug-likeness (QED) is 0.685. The second-order valence-electron chi connectivity index (χ2n) is 6.16. The molecule has 0 aromatic carbocycles. The lowest BCUT2D eigenvalue weighted by Crippen LogP contribution is -2.54. The van der Waals surface area contributed by atoms with Crippen molar-refractivity contribution in [3.63, 3.8) is 0 Å². The number of ketones is 1. The summed E-state index contributed by atoms with van der Waals surface area (Å²) in [5.41, 5.74) is -0.776. The third-order valence-corrected chi connectivity index (χ3v) is 3.61. The first-order valence-corrected chi connectivity index (χ1v) is 7.54. The van der Waals surface area contributed by atoms with E-state index in [1.807, 2.05) is 0 Å². The molecule has 2 aliphatic rings. The number of nitrogens with one attached hydrogen (secondary N) is 1. The number of aliphatic hydroxyl groups excluding tert-OH is 1. The van der Waals surface area contributed by atoms with Gasteiger partial charge in [-0.05, 0) is 13.8 Å². The van der Waals surface area contributed by atoms with Crippen molar-refractivity contribution >= 4 is 17.6 Å². The highest BCUT2D eigenvalue weighted by molar-refractivity contribution is 6.03. The third-order valence-electron chi connectivity index (χ3n) is 3.61. The van der Waals surface area contributed by atoms with Gasteiger partial charge in [0, 0.05) is 25.6 Å². The van der Waals surface area contributed by atoms with Crippen LogP contribution >= 0.6 is 0 Å². The van der Waals surface area contributed by atoms with Gasteiger partial charge in [0.2, 0.25) is 5.91 Å². The summed E-state index contributed by atoms with van der Waals surface area (Å²) in [5.74, 6) is -1.43. The number of carbonyl (C=O) groups excluding carboxylic acids is 3.